The third-order valence-electron chi connectivity index (χ3n) is 3.90. The van der Waals surface area contributed by atoms with E-state index < -0.39 is 0 Å². The summed E-state index contributed by atoms with van der Waals surface area (Å²) in [6.45, 7) is 8.02. The molecule has 106 valence electrons. The molecule has 0 aliphatic heterocycles. The molecule has 0 bridgehead atoms. The van der Waals surface area contributed by atoms with E-state index in [2.05, 4.69) is 69.1 Å². The highest BCUT2D eigenvalue weighted by Gasteiger charge is 2.07. The second-order valence-electron chi connectivity index (χ2n) is 5.60. The van der Waals surface area contributed by atoms with Crippen LogP contribution in [-0.4, -0.2) is 7.05 Å². The Kier molecular flexibility index (Phi) is 4.46. The second kappa shape index (κ2) is 6.10. The van der Waals surface area contributed by atoms with Crippen LogP contribution in [0.1, 0.15) is 27.8 Å². The molecule has 0 amide bonds. The molecule has 2 aromatic carbocycles. The smallest absolute Gasteiger partial charge is 0.0426 e. The fraction of sp³-hybridized carbons (Fsp3) is 0.333. The van der Waals surface area contributed by atoms with Crippen molar-refractivity contribution in [3.05, 3.63) is 64.2 Å². The van der Waals surface area contributed by atoms with E-state index in [1.807, 2.05) is 0 Å². The lowest BCUT2D eigenvalue weighted by Crippen LogP contribution is -2.17. The average molecular weight is 268 g/mol. The Morgan fingerprint density at radius 1 is 0.850 bits per heavy atom. The number of anilines is 1. The standard InChI is InChI=1S/C18H24N2/c1-13-9-15(3)18(10-14(13)2)20(4)12-17-7-5-16(11-19)6-8-17/h5-10H,11-12,19H2,1-4H3. The second-order valence-corrected chi connectivity index (χ2v) is 5.60. The molecule has 2 heteroatoms. The van der Waals surface area contributed by atoms with Crippen LogP contribution in [0.3, 0.4) is 0 Å². The molecule has 0 aliphatic carbocycles. The number of hydrogen-bond donors (Lipinski definition) is 1. The SMILES string of the molecule is Cc1cc(C)c(N(C)Cc2ccc(CN)cc2)cc1C. The molecular formula is C18H24N2. The maximum absolute atomic E-state index is 5.63. The molecule has 0 aromatic heterocycles. The van der Waals surface area contributed by atoms with Crippen molar-refractivity contribution < 1.29 is 0 Å². The average Bonchev–Trinajstić information content (AvgIpc) is 2.43. The van der Waals surface area contributed by atoms with Crippen molar-refractivity contribution in [2.45, 2.75) is 33.9 Å². The van der Waals surface area contributed by atoms with Crippen LogP contribution in [0.25, 0.3) is 0 Å². The fourth-order valence-corrected chi connectivity index (χ4v) is 2.50. The Balaban J connectivity index is 2.18. The first-order chi connectivity index (χ1) is 9.51. The van der Waals surface area contributed by atoms with E-state index in [1.165, 1.54) is 33.5 Å². The van der Waals surface area contributed by atoms with E-state index in [4.69, 9.17) is 5.73 Å². The Labute approximate surface area is 122 Å². The Bertz CT molecular complexity index is 585. The van der Waals surface area contributed by atoms with Crippen molar-refractivity contribution in [1.29, 1.82) is 0 Å². The van der Waals surface area contributed by atoms with Gasteiger partial charge in [-0.15, -0.1) is 0 Å². The van der Waals surface area contributed by atoms with Crippen LogP contribution >= 0.6 is 0 Å². The molecule has 2 nitrogen and oxygen atoms in total. The number of nitrogens with two attached hydrogens (primary N) is 1. The number of aryl methyl sites for hydroxylation is 3. The van der Waals surface area contributed by atoms with Crippen molar-refractivity contribution >= 4 is 5.69 Å². The maximum atomic E-state index is 5.63. The molecule has 0 unspecified atom stereocenters. The number of nitrogens with zero attached hydrogens (tertiary/aromatic N) is 1. The van der Waals surface area contributed by atoms with Gasteiger partial charge in [0.2, 0.25) is 0 Å². The van der Waals surface area contributed by atoms with Gasteiger partial charge >= 0.3 is 0 Å². The molecule has 2 aromatic rings. The summed E-state index contributed by atoms with van der Waals surface area (Å²) in [6, 6.07) is 13.1. The molecule has 0 saturated carbocycles. The van der Waals surface area contributed by atoms with Crippen molar-refractivity contribution in [1.82, 2.24) is 0 Å². The number of hydrogen-bond acceptors (Lipinski definition) is 2. The predicted molar refractivity (Wildman–Crippen MR) is 87.1 cm³/mol. The predicted octanol–water partition coefficient (Wildman–Crippen LogP) is 3.71. The lowest BCUT2D eigenvalue weighted by atomic mass is 10.0. The first kappa shape index (κ1) is 14.6. The van der Waals surface area contributed by atoms with Crippen LogP contribution in [0.2, 0.25) is 0 Å². The summed E-state index contributed by atoms with van der Waals surface area (Å²) in [5.74, 6) is 0. The van der Waals surface area contributed by atoms with Crippen LogP contribution in [0, 0.1) is 20.8 Å². The molecule has 2 N–H and O–H groups in total. The third-order valence-corrected chi connectivity index (χ3v) is 3.90. The van der Waals surface area contributed by atoms with Crippen molar-refractivity contribution in [2.75, 3.05) is 11.9 Å². The largest absolute Gasteiger partial charge is 0.370 e. The lowest BCUT2D eigenvalue weighted by molar-refractivity contribution is 0.912. The minimum Gasteiger partial charge on any atom is -0.370 e. The molecule has 20 heavy (non-hydrogen) atoms. The molecular weight excluding hydrogens is 244 g/mol. The highest BCUT2D eigenvalue weighted by Crippen LogP contribution is 2.24. The van der Waals surface area contributed by atoms with Crippen molar-refractivity contribution in [3.8, 4) is 0 Å². The van der Waals surface area contributed by atoms with E-state index in [0.717, 1.165) is 6.54 Å². The first-order valence-corrected chi connectivity index (χ1v) is 7.08. The zero-order chi connectivity index (χ0) is 14.7. The molecule has 0 aliphatic rings. The van der Waals surface area contributed by atoms with Crippen LogP contribution in [0.5, 0.6) is 0 Å². The Morgan fingerprint density at radius 2 is 1.40 bits per heavy atom. The molecule has 2 rings (SSSR count). The first-order valence-electron chi connectivity index (χ1n) is 7.08. The van der Waals surface area contributed by atoms with Gasteiger partial charge in [0.1, 0.15) is 0 Å². The van der Waals surface area contributed by atoms with Gasteiger partial charge in [-0.3, -0.25) is 0 Å². The highest BCUT2D eigenvalue weighted by atomic mass is 15.1. The molecule has 0 heterocycles. The van der Waals surface area contributed by atoms with Gasteiger partial charge in [0.05, 0.1) is 0 Å². The van der Waals surface area contributed by atoms with Crippen LogP contribution in [-0.2, 0) is 13.1 Å². The maximum Gasteiger partial charge on any atom is 0.0426 e. The summed E-state index contributed by atoms with van der Waals surface area (Å²) >= 11 is 0. The molecule has 0 radical (unpaired) electrons. The van der Waals surface area contributed by atoms with E-state index in [1.54, 1.807) is 0 Å². The summed E-state index contributed by atoms with van der Waals surface area (Å²) in [5.41, 5.74) is 13.4. The summed E-state index contributed by atoms with van der Waals surface area (Å²) in [4.78, 5) is 2.30. The van der Waals surface area contributed by atoms with Crippen LogP contribution in [0.4, 0.5) is 5.69 Å². The van der Waals surface area contributed by atoms with Gasteiger partial charge in [-0.05, 0) is 54.7 Å². The van der Waals surface area contributed by atoms with E-state index in [-0.39, 0.29) is 0 Å². The minimum absolute atomic E-state index is 0.604. The van der Waals surface area contributed by atoms with Gasteiger partial charge < -0.3 is 10.6 Å². The highest BCUT2D eigenvalue weighted by molar-refractivity contribution is 5.56. The molecule has 0 saturated heterocycles. The molecule has 0 atom stereocenters. The van der Waals surface area contributed by atoms with Gasteiger partial charge in [-0.1, -0.05) is 30.3 Å². The van der Waals surface area contributed by atoms with Crippen molar-refractivity contribution in [2.24, 2.45) is 5.73 Å². The van der Waals surface area contributed by atoms with Crippen LogP contribution in [0.15, 0.2) is 36.4 Å². The normalized spacial score (nSPS) is 10.7. The summed E-state index contributed by atoms with van der Waals surface area (Å²) in [7, 11) is 2.15. The zero-order valence-corrected chi connectivity index (χ0v) is 12.9. The Hall–Kier alpha value is -1.80. The zero-order valence-electron chi connectivity index (χ0n) is 12.9. The fourth-order valence-electron chi connectivity index (χ4n) is 2.50. The number of benzene rings is 2. The van der Waals surface area contributed by atoms with Gasteiger partial charge in [0, 0.05) is 25.8 Å². The van der Waals surface area contributed by atoms with Gasteiger partial charge in [0.25, 0.3) is 0 Å². The van der Waals surface area contributed by atoms with E-state index >= 15 is 0 Å². The topological polar surface area (TPSA) is 29.3 Å². The third kappa shape index (κ3) is 3.20. The monoisotopic (exact) mass is 268 g/mol. The van der Waals surface area contributed by atoms with Crippen molar-refractivity contribution in [3.63, 3.8) is 0 Å². The quantitative estimate of drug-likeness (QED) is 0.916. The number of rotatable bonds is 4. The molecule has 0 spiro atoms. The minimum atomic E-state index is 0.604. The van der Waals surface area contributed by atoms with Gasteiger partial charge in [-0.2, -0.15) is 0 Å². The van der Waals surface area contributed by atoms with Crippen LogP contribution < -0.4 is 10.6 Å². The summed E-state index contributed by atoms with van der Waals surface area (Å²) in [6.07, 6.45) is 0. The van der Waals surface area contributed by atoms with E-state index in [0.29, 0.717) is 6.54 Å². The van der Waals surface area contributed by atoms with E-state index in [9.17, 15) is 0 Å². The Morgan fingerprint density at radius 3 is 2.00 bits per heavy atom. The van der Waals surface area contributed by atoms with Gasteiger partial charge in [-0.25, -0.2) is 0 Å². The summed E-state index contributed by atoms with van der Waals surface area (Å²) < 4.78 is 0. The van der Waals surface area contributed by atoms with Gasteiger partial charge in [0.15, 0.2) is 0 Å². The summed E-state index contributed by atoms with van der Waals surface area (Å²) in [5, 5.41) is 0. The lowest BCUT2D eigenvalue weighted by Gasteiger charge is -2.23. The molecule has 0 fully saturated rings.